The lowest BCUT2D eigenvalue weighted by atomic mass is 9.83. The molecule has 52 heavy (non-hydrogen) atoms. The maximum Gasteiger partial charge on any atom is 0.253 e. The molecule has 3 heterocycles. The first-order chi connectivity index (χ1) is 24.6. The molecule has 0 radical (unpaired) electrons. The summed E-state index contributed by atoms with van der Waals surface area (Å²) in [6.45, 7) is -0.875. The fraction of sp³-hybridized carbons (Fsp3) is 0.967. The van der Waals surface area contributed by atoms with Crippen molar-refractivity contribution in [2.24, 2.45) is 28.7 Å². The zero-order valence-corrected chi connectivity index (χ0v) is 28.7. The third-order valence-corrected chi connectivity index (χ3v) is 10.5. The summed E-state index contributed by atoms with van der Waals surface area (Å²) in [6, 6.07) is -4.75. The maximum atomic E-state index is 12.9. The molecule has 0 spiro atoms. The highest BCUT2D eigenvalue weighted by Crippen LogP contribution is 2.37. The fourth-order valence-corrected chi connectivity index (χ4v) is 7.04. The lowest BCUT2D eigenvalue weighted by Crippen LogP contribution is -2.67. The monoisotopic (exact) mass is 755 g/mol. The van der Waals surface area contributed by atoms with Crippen LogP contribution in [0.4, 0.5) is 0 Å². The van der Waals surface area contributed by atoms with Crippen molar-refractivity contribution in [3.05, 3.63) is 0 Å². The fourth-order valence-electron chi connectivity index (χ4n) is 7.04. The molecule has 5 rings (SSSR count). The van der Waals surface area contributed by atoms with Crippen LogP contribution in [-0.2, 0) is 33.2 Å². The number of nitrogens with one attached hydrogen (secondary N) is 2. The first kappa shape index (κ1) is 41.8. The van der Waals surface area contributed by atoms with Gasteiger partial charge in [-0.15, -0.1) is 0 Å². The molecule has 5 fully saturated rings. The Kier molecular flexibility index (Phi) is 14.2. The Labute approximate surface area is 299 Å². The van der Waals surface area contributed by atoms with Gasteiger partial charge in [0.2, 0.25) is 0 Å². The number of aliphatic hydroxyl groups excluding tert-OH is 7. The average Bonchev–Trinajstić information content (AvgIpc) is 3.64. The van der Waals surface area contributed by atoms with Crippen molar-refractivity contribution in [2.75, 3.05) is 32.8 Å². The standard InChI is InChI=1S/C30H57N7O15/c31-5-15-20(42)21(43)18(35)27(48-15)51-24-16(9-39)49-28(22(24)44)52-25-19(41)14(37-29(45)30(46)4-17(30)34)3-13(33)23(25)50-26-12(32)2-1-11(47-26)7-36-6-10(40)8-38/h10-28,36,38-44,46H,1-9,31-35H2,(H,37,45)/t10?,11-,12+,13-,14+,15-,16+,17?,18+,19-,20+,21+,22+,23+,24+,25+,26+,27+,28-,30?/m0/s1. The molecule has 2 saturated carbocycles. The van der Waals surface area contributed by atoms with Gasteiger partial charge < -0.3 is 109 Å². The highest BCUT2D eigenvalue weighted by molar-refractivity contribution is 5.89. The lowest BCUT2D eigenvalue weighted by Gasteiger charge is -2.46. The van der Waals surface area contributed by atoms with Gasteiger partial charge in [0.1, 0.15) is 54.9 Å². The molecule has 0 aromatic carbocycles. The Hall–Kier alpha value is -1.33. The number of hydrogen-bond acceptors (Lipinski definition) is 21. The van der Waals surface area contributed by atoms with E-state index in [4.69, 9.17) is 62.2 Å². The van der Waals surface area contributed by atoms with Crippen LogP contribution in [0.1, 0.15) is 25.7 Å². The number of carbonyl (C=O) groups is 1. The van der Waals surface area contributed by atoms with E-state index in [2.05, 4.69) is 10.6 Å². The van der Waals surface area contributed by atoms with Crippen molar-refractivity contribution in [3.8, 4) is 0 Å². The number of nitrogens with two attached hydrogens (primary N) is 5. The minimum Gasteiger partial charge on any atom is -0.394 e. The number of amides is 1. The van der Waals surface area contributed by atoms with Crippen LogP contribution < -0.4 is 39.3 Å². The van der Waals surface area contributed by atoms with Crippen LogP contribution in [0.3, 0.4) is 0 Å². The van der Waals surface area contributed by atoms with Crippen LogP contribution in [0.5, 0.6) is 0 Å². The first-order valence-electron chi connectivity index (χ1n) is 17.6. The van der Waals surface area contributed by atoms with Gasteiger partial charge in [-0.05, 0) is 19.3 Å². The zero-order chi connectivity index (χ0) is 38.1. The van der Waals surface area contributed by atoms with Crippen LogP contribution >= 0.6 is 0 Å². The minimum absolute atomic E-state index is 0.0215. The van der Waals surface area contributed by atoms with E-state index in [-0.39, 0.29) is 25.9 Å². The summed E-state index contributed by atoms with van der Waals surface area (Å²) in [7, 11) is 0. The van der Waals surface area contributed by atoms with Gasteiger partial charge in [0.05, 0.1) is 43.5 Å². The molecule has 22 nitrogen and oxygen atoms in total. The molecule has 0 aromatic rings. The molecule has 0 aromatic heterocycles. The van der Waals surface area contributed by atoms with Crippen molar-refractivity contribution >= 4 is 5.91 Å². The number of aliphatic hydroxyl groups is 8. The zero-order valence-electron chi connectivity index (χ0n) is 28.7. The van der Waals surface area contributed by atoms with Crippen molar-refractivity contribution in [1.29, 1.82) is 0 Å². The van der Waals surface area contributed by atoms with Crippen molar-refractivity contribution in [2.45, 2.75) is 148 Å². The number of ether oxygens (including phenoxy) is 6. The summed E-state index contributed by atoms with van der Waals surface area (Å²) in [6.07, 6.45) is -16.9. The predicted octanol–water partition coefficient (Wildman–Crippen LogP) is -9.23. The van der Waals surface area contributed by atoms with Crippen LogP contribution in [0.2, 0.25) is 0 Å². The van der Waals surface area contributed by atoms with E-state index in [0.29, 0.717) is 19.4 Å². The quantitative estimate of drug-likeness (QED) is 0.0737. The maximum absolute atomic E-state index is 12.9. The Morgan fingerprint density at radius 2 is 1.48 bits per heavy atom. The molecule has 3 unspecified atom stereocenters. The van der Waals surface area contributed by atoms with E-state index in [1.807, 2.05) is 0 Å². The average molecular weight is 756 g/mol. The molecule has 302 valence electrons. The van der Waals surface area contributed by atoms with Crippen molar-refractivity contribution < 1.29 is 74.1 Å². The molecule has 3 saturated heterocycles. The molecular formula is C30H57N7O15. The van der Waals surface area contributed by atoms with Crippen LogP contribution in [0.25, 0.3) is 0 Å². The number of rotatable bonds is 15. The van der Waals surface area contributed by atoms with E-state index < -0.39 is 141 Å². The minimum atomic E-state index is -1.81. The van der Waals surface area contributed by atoms with Gasteiger partial charge in [0.15, 0.2) is 24.5 Å². The van der Waals surface area contributed by atoms with Gasteiger partial charge in [0, 0.05) is 38.1 Å². The van der Waals surface area contributed by atoms with Gasteiger partial charge in [0.25, 0.3) is 5.91 Å². The van der Waals surface area contributed by atoms with Gasteiger partial charge in [-0.3, -0.25) is 4.79 Å². The van der Waals surface area contributed by atoms with E-state index in [1.54, 1.807) is 0 Å². The molecule has 20 N–H and O–H groups in total. The van der Waals surface area contributed by atoms with E-state index in [0.717, 1.165) is 0 Å². The van der Waals surface area contributed by atoms with Crippen LogP contribution in [0.15, 0.2) is 0 Å². The smallest absolute Gasteiger partial charge is 0.253 e. The summed E-state index contributed by atoms with van der Waals surface area (Å²) in [4.78, 5) is 12.9. The summed E-state index contributed by atoms with van der Waals surface area (Å²) in [5, 5.41) is 88.7. The Balaban J connectivity index is 1.32. The molecule has 20 atom stereocenters. The highest BCUT2D eigenvalue weighted by Gasteiger charge is 2.59. The van der Waals surface area contributed by atoms with Crippen molar-refractivity contribution in [1.82, 2.24) is 10.6 Å². The van der Waals surface area contributed by atoms with Gasteiger partial charge in [-0.1, -0.05) is 0 Å². The third-order valence-electron chi connectivity index (χ3n) is 10.5. The Morgan fingerprint density at radius 1 is 0.827 bits per heavy atom. The third kappa shape index (κ3) is 9.03. The molecule has 3 aliphatic heterocycles. The van der Waals surface area contributed by atoms with Crippen molar-refractivity contribution in [3.63, 3.8) is 0 Å². The second-order valence-corrected chi connectivity index (χ2v) is 14.4. The van der Waals surface area contributed by atoms with E-state index >= 15 is 0 Å². The lowest BCUT2D eigenvalue weighted by molar-refractivity contribution is -0.290. The van der Waals surface area contributed by atoms with Gasteiger partial charge >= 0.3 is 0 Å². The Bertz CT molecular complexity index is 1170. The first-order valence-corrected chi connectivity index (χ1v) is 17.6. The molecular weight excluding hydrogens is 698 g/mol. The van der Waals surface area contributed by atoms with Crippen LogP contribution in [0, 0.1) is 0 Å². The molecule has 2 aliphatic carbocycles. The van der Waals surface area contributed by atoms with E-state index in [9.17, 15) is 40.5 Å². The highest BCUT2D eigenvalue weighted by atomic mass is 16.8. The second-order valence-electron chi connectivity index (χ2n) is 14.4. The summed E-state index contributed by atoms with van der Waals surface area (Å²) < 4.78 is 35.9. The summed E-state index contributed by atoms with van der Waals surface area (Å²) >= 11 is 0. The van der Waals surface area contributed by atoms with Crippen LogP contribution in [-0.4, -0.2) is 201 Å². The summed E-state index contributed by atoms with van der Waals surface area (Å²) in [5.74, 6) is -0.813. The van der Waals surface area contributed by atoms with Gasteiger partial charge in [-0.2, -0.15) is 0 Å². The Morgan fingerprint density at radius 3 is 2.12 bits per heavy atom. The summed E-state index contributed by atoms with van der Waals surface area (Å²) in [5.41, 5.74) is 28.6. The topological polar surface area (TPSA) is 388 Å². The SMILES string of the molecule is NC[C@@H]1O[C@H](O[C@H]2[C@@H](O)[C@H](O[C@@H]3[C@@H](O)[C@H](NC(=O)C4(O)CC4N)C[C@H](N)[C@H]3O[C@H]3O[C@H](CNCC(O)CO)CC[C@H]3N)O[C@@H]2CO)[C@H](N)[C@@H](O)[C@@H]1O. The second kappa shape index (κ2) is 17.6. The number of carbonyl (C=O) groups excluding carboxylic acids is 1. The molecule has 22 heteroatoms. The molecule has 1 amide bonds. The predicted molar refractivity (Wildman–Crippen MR) is 174 cm³/mol. The largest absolute Gasteiger partial charge is 0.394 e. The normalized spacial score (nSPS) is 48.7. The number of hydrogen-bond donors (Lipinski definition) is 15. The van der Waals surface area contributed by atoms with E-state index in [1.165, 1.54) is 0 Å². The molecule has 5 aliphatic rings. The van der Waals surface area contributed by atoms with Gasteiger partial charge in [-0.25, -0.2) is 0 Å². The molecule has 0 bridgehead atoms.